The predicted molar refractivity (Wildman–Crippen MR) is 144 cm³/mol. The van der Waals surface area contributed by atoms with Crippen LogP contribution < -0.4 is 0 Å². The van der Waals surface area contributed by atoms with Gasteiger partial charge in [-0.1, -0.05) is 39.3 Å². The van der Waals surface area contributed by atoms with Crippen LogP contribution in [0.3, 0.4) is 0 Å². The summed E-state index contributed by atoms with van der Waals surface area (Å²) in [4.78, 5) is 0. The monoisotopic (exact) mass is 502 g/mol. The van der Waals surface area contributed by atoms with Gasteiger partial charge in [-0.3, -0.25) is 0 Å². The summed E-state index contributed by atoms with van der Waals surface area (Å²) in [5, 5.41) is 22.8. The minimum absolute atomic E-state index is 0.0135. The third kappa shape index (κ3) is 4.75. The molecule has 206 valence electrons. The molecule has 5 rings (SSSR count). The van der Waals surface area contributed by atoms with Gasteiger partial charge in [0.25, 0.3) is 0 Å². The van der Waals surface area contributed by atoms with Crippen LogP contribution in [0.5, 0.6) is 0 Å². The highest BCUT2D eigenvalue weighted by Crippen LogP contribution is 2.67. The molecule has 0 aromatic carbocycles. The van der Waals surface area contributed by atoms with Crippen LogP contribution >= 0.6 is 0 Å². The Hall–Kier alpha value is -0.420. The summed E-state index contributed by atoms with van der Waals surface area (Å²) >= 11 is 0. The van der Waals surface area contributed by atoms with Crippen molar-refractivity contribution in [2.45, 2.75) is 142 Å². The van der Waals surface area contributed by atoms with Gasteiger partial charge >= 0.3 is 0 Å². The first-order valence-corrected chi connectivity index (χ1v) is 15.4. The highest BCUT2D eigenvalue weighted by molar-refractivity contribution is 5.26. The molecule has 1 aliphatic heterocycles. The average molecular weight is 503 g/mol. The van der Waals surface area contributed by atoms with Crippen molar-refractivity contribution >= 4 is 0 Å². The van der Waals surface area contributed by atoms with E-state index in [2.05, 4.69) is 33.8 Å². The van der Waals surface area contributed by atoms with E-state index in [1.807, 2.05) is 6.92 Å². The van der Waals surface area contributed by atoms with Crippen LogP contribution in [0.1, 0.15) is 118 Å². The molecule has 5 aliphatic rings. The number of rotatable bonds is 7. The van der Waals surface area contributed by atoms with Crippen LogP contribution in [0.2, 0.25) is 0 Å². The zero-order valence-electron chi connectivity index (χ0n) is 23.8. The molecule has 0 aromatic heterocycles. The maximum atomic E-state index is 11.7. The van der Waals surface area contributed by atoms with E-state index in [9.17, 15) is 10.2 Å². The van der Waals surface area contributed by atoms with E-state index >= 15 is 0 Å². The van der Waals surface area contributed by atoms with E-state index in [4.69, 9.17) is 9.47 Å². The molecule has 36 heavy (non-hydrogen) atoms. The lowest BCUT2D eigenvalue weighted by Gasteiger charge is -2.59. The highest BCUT2D eigenvalue weighted by atomic mass is 16.7. The third-order valence-corrected chi connectivity index (χ3v) is 11.9. The van der Waals surface area contributed by atoms with Gasteiger partial charge in [0.2, 0.25) is 0 Å². The maximum Gasteiger partial charge on any atom is 0.157 e. The fourth-order valence-corrected chi connectivity index (χ4v) is 9.75. The Balaban J connectivity index is 1.28. The van der Waals surface area contributed by atoms with Crippen molar-refractivity contribution in [3.05, 3.63) is 11.6 Å². The Kier molecular flexibility index (Phi) is 7.76. The minimum Gasteiger partial charge on any atom is -0.390 e. The highest BCUT2D eigenvalue weighted by Gasteiger charge is 2.62. The van der Waals surface area contributed by atoms with E-state index < -0.39 is 11.7 Å². The van der Waals surface area contributed by atoms with Gasteiger partial charge in [-0.05, 0) is 131 Å². The lowest BCUT2D eigenvalue weighted by atomic mass is 9.46. The molecule has 4 heteroatoms. The number of hydrogen-bond donors (Lipinski definition) is 2. The fraction of sp³-hybridized carbons (Fsp3) is 0.938. The summed E-state index contributed by atoms with van der Waals surface area (Å²) < 4.78 is 12.3. The summed E-state index contributed by atoms with van der Waals surface area (Å²) in [6.07, 6.45) is 16.8. The first kappa shape index (κ1) is 27.2. The summed E-state index contributed by atoms with van der Waals surface area (Å²) in [5.74, 6) is 2.86. The van der Waals surface area contributed by atoms with E-state index in [0.29, 0.717) is 35.7 Å². The van der Waals surface area contributed by atoms with Crippen molar-refractivity contribution in [2.75, 3.05) is 6.61 Å². The normalized spacial score (nSPS) is 45.3. The first-order valence-electron chi connectivity index (χ1n) is 15.4. The molecule has 4 fully saturated rings. The summed E-state index contributed by atoms with van der Waals surface area (Å²) in [7, 11) is 0. The Morgan fingerprint density at radius 1 is 1.06 bits per heavy atom. The number of ether oxygens (including phenoxy) is 2. The van der Waals surface area contributed by atoms with Crippen molar-refractivity contribution in [3.63, 3.8) is 0 Å². The van der Waals surface area contributed by atoms with E-state index in [1.165, 1.54) is 44.9 Å². The van der Waals surface area contributed by atoms with Gasteiger partial charge in [0, 0.05) is 6.61 Å². The quantitative estimate of drug-likeness (QED) is 0.367. The third-order valence-electron chi connectivity index (χ3n) is 11.9. The van der Waals surface area contributed by atoms with Gasteiger partial charge in [0.1, 0.15) is 0 Å². The zero-order valence-corrected chi connectivity index (χ0v) is 23.8. The van der Waals surface area contributed by atoms with Gasteiger partial charge in [-0.2, -0.15) is 0 Å². The van der Waals surface area contributed by atoms with E-state index in [1.54, 1.807) is 5.57 Å². The van der Waals surface area contributed by atoms with Crippen LogP contribution in [0.25, 0.3) is 0 Å². The summed E-state index contributed by atoms with van der Waals surface area (Å²) in [5.41, 5.74) is 1.09. The molecule has 4 nitrogen and oxygen atoms in total. The van der Waals surface area contributed by atoms with Crippen molar-refractivity contribution in [3.8, 4) is 0 Å². The van der Waals surface area contributed by atoms with Crippen molar-refractivity contribution in [1.82, 2.24) is 0 Å². The van der Waals surface area contributed by atoms with Gasteiger partial charge < -0.3 is 19.7 Å². The van der Waals surface area contributed by atoms with Gasteiger partial charge in [0.15, 0.2) is 6.29 Å². The smallest absolute Gasteiger partial charge is 0.157 e. The second-order valence-electron chi connectivity index (χ2n) is 14.4. The second kappa shape index (κ2) is 10.3. The Morgan fingerprint density at radius 2 is 1.86 bits per heavy atom. The van der Waals surface area contributed by atoms with Crippen LogP contribution in [0.15, 0.2) is 11.6 Å². The molecule has 10 atom stereocenters. The molecule has 3 saturated carbocycles. The molecular weight excluding hydrogens is 448 g/mol. The molecule has 0 spiro atoms. The number of aliphatic hydroxyl groups is 2. The lowest BCUT2D eigenvalue weighted by Crippen LogP contribution is -2.55. The Bertz CT molecular complexity index is 798. The summed E-state index contributed by atoms with van der Waals surface area (Å²) in [6, 6.07) is 0. The zero-order chi connectivity index (χ0) is 25.7. The molecule has 0 aromatic rings. The van der Waals surface area contributed by atoms with Gasteiger partial charge in [-0.25, -0.2) is 0 Å². The molecular formula is C32H54O4. The molecule has 0 amide bonds. The van der Waals surface area contributed by atoms with Crippen LogP contribution in [-0.4, -0.2) is 40.9 Å². The molecule has 0 bridgehead atoms. The second-order valence-corrected chi connectivity index (χ2v) is 14.4. The largest absolute Gasteiger partial charge is 0.390 e. The summed E-state index contributed by atoms with van der Waals surface area (Å²) in [6.45, 7) is 12.2. The maximum absolute atomic E-state index is 11.7. The van der Waals surface area contributed by atoms with Crippen molar-refractivity contribution in [2.24, 2.45) is 40.4 Å². The Morgan fingerprint density at radius 3 is 2.58 bits per heavy atom. The number of aliphatic hydroxyl groups excluding tert-OH is 1. The van der Waals surface area contributed by atoms with E-state index in [-0.39, 0.29) is 17.6 Å². The van der Waals surface area contributed by atoms with E-state index in [0.717, 1.165) is 44.6 Å². The molecule has 1 unspecified atom stereocenters. The molecule has 1 heterocycles. The SMILES string of the molecule is CC(C)CC[C@@H](O)[C@](C)(O)[C@H]1CC[C@H]2[C@@H]3CC=C4C[C@@H](OC5CCCCO5)CC[C@]4(C)[C@H]3CC[C@]12C. The average Bonchev–Trinajstić information content (AvgIpc) is 3.21. The van der Waals surface area contributed by atoms with Crippen molar-refractivity contribution in [1.29, 1.82) is 0 Å². The molecule has 4 aliphatic carbocycles. The lowest BCUT2D eigenvalue weighted by molar-refractivity contribution is -0.195. The first-order chi connectivity index (χ1) is 17.1. The Labute approximate surface area is 220 Å². The number of allylic oxidation sites excluding steroid dienone is 1. The molecule has 2 N–H and O–H groups in total. The number of fused-ring (bicyclic) bond motifs is 5. The van der Waals surface area contributed by atoms with Gasteiger partial charge in [0.05, 0.1) is 17.8 Å². The molecule has 0 radical (unpaired) electrons. The topological polar surface area (TPSA) is 58.9 Å². The molecule has 1 saturated heterocycles. The number of hydrogen-bond acceptors (Lipinski definition) is 4. The van der Waals surface area contributed by atoms with Gasteiger partial charge in [-0.15, -0.1) is 0 Å². The standard InChI is InChI=1S/C32H54O4/c1-21(2)9-14-28(33)32(5,34)27-13-12-25-24-11-10-22-20-23(36-29-8-6-7-19-35-29)15-17-30(22,3)26(24)16-18-31(25,27)4/h10,21,23-29,33-34H,6-9,11-20H2,1-5H3/t23-,24-,25-,26-,27-,28+,29?,30-,31-,32+/m0/s1. The fourth-order valence-electron chi connectivity index (χ4n) is 9.75. The van der Waals surface area contributed by atoms with Crippen LogP contribution in [-0.2, 0) is 9.47 Å². The van der Waals surface area contributed by atoms with Crippen LogP contribution in [0.4, 0.5) is 0 Å². The predicted octanol–water partition coefficient (Wildman–Crippen LogP) is 7.03. The van der Waals surface area contributed by atoms with Crippen molar-refractivity contribution < 1.29 is 19.7 Å². The minimum atomic E-state index is -0.999. The van der Waals surface area contributed by atoms with Crippen LogP contribution in [0, 0.1) is 40.4 Å².